The summed E-state index contributed by atoms with van der Waals surface area (Å²) in [6.45, 7) is 0. The number of hydrogen-bond donors (Lipinski definition) is 1. The van der Waals surface area contributed by atoms with Gasteiger partial charge in [0.05, 0.1) is 30.4 Å². The van der Waals surface area contributed by atoms with Gasteiger partial charge in [0.1, 0.15) is 6.26 Å². The Kier molecular flexibility index (Phi) is 4.05. The largest absolute Gasteiger partial charge is 0.481 e. The highest BCUT2D eigenvalue weighted by molar-refractivity contribution is 6.04. The van der Waals surface area contributed by atoms with Crippen LogP contribution < -0.4 is 10.1 Å². The highest BCUT2D eigenvalue weighted by Crippen LogP contribution is 2.46. The molecule has 8 heteroatoms. The van der Waals surface area contributed by atoms with Crippen LogP contribution in [-0.2, 0) is 0 Å². The number of oxazole rings is 1. The summed E-state index contributed by atoms with van der Waals surface area (Å²) in [5, 5.41) is 8.65. The van der Waals surface area contributed by atoms with Crippen molar-refractivity contribution in [2.45, 2.75) is 37.6 Å². The molecule has 0 atom stereocenters. The molecule has 2 aliphatic carbocycles. The number of aromatic nitrogens is 4. The maximum Gasteiger partial charge on any atom is 0.277 e. The first-order valence-corrected chi connectivity index (χ1v) is 10.5. The number of methoxy groups -OCH3 is 1. The van der Waals surface area contributed by atoms with Crippen molar-refractivity contribution in [2.24, 2.45) is 0 Å². The third-order valence-electron chi connectivity index (χ3n) is 5.85. The lowest BCUT2D eigenvalue weighted by atomic mass is 10.1. The Labute approximate surface area is 178 Å². The summed E-state index contributed by atoms with van der Waals surface area (Å²) in [5.41, 5.74) is 4.05. The Hall–Kier alpha value is -3.68. The Morgan fingerprint density at radius 2 is 2.06 bits per heavy atom. The summed E-state index contributed by atoms with van der Waals surface area (Å²) in [6, 6.07) is 8.26. The van der Waals surface area contributed by atoms with Gasteiger partial charge in [0, 0.05) is 23.3 Å². The second-order valence-corrected chi connectivity index (χ2v) is 8.17. The molecule has 0 aliphatic heterocycles. The minimum Gasteiger partial charge on any atom is -0.481 e. The van der Waals surface area contributed by atoms with Crippen molar-refractivity contribution in [2.75, 3.05) is 12.4 Å². The zero-order valence-electron chi connectivity index (χ0n) is 17.0. The molecule has 0 radical (unpaired) electrons. The predicted octanol–water partition coefficient (Wildman–Crippen LogP) is 4.56. The second-order valence-electron chi connectivity index (χ2n) is 8.17. The van der Waals surface area contributed by atoms with Gasteiger partial charge in [0.15, 0.2) is 5.69 Å². The van der Waals surface area contributed by atoms with Crippen LogP contribution in [0, 0.1) is 0 Å². The van der Waals surface area contributed by atoms with Crippen LogP contribution in [0.15, 0.2) is 47.3 Å². The first kappa shape index (κ1) is 18.1. The van der Waals surface area contributed by atoms with Gasteiger partial charge >= 0.3 is 0 Å². The summed E-state index contributed by atoms with van der Waals surface area (Å²) < 4.78 is 12.7. The van der Waals surface area contributed by atoms with Crippen LogP contribution in [0.3, 0.4) is 0 Å². The van der Waals surface area contributed by atoms with Crippen molar-refractivity contribution in [3.8, 4) is 17.3 Å². The average Bonchev–Trinajstić information content (AvgIpc) is 3.73. The molecular formula is C23H21N5O3. The highest BCUT2D eigenvalue weighted by Gasteiger charge is 2.30. The third kappa shape index (κ3) is 3.34. The molecule has 156 valence electrons. The van der Waals surface area contributed by atoms with Gasteiger partial charge in [-0.1, -0.05) is 0 Å². The number of fused-ring (bicyclic) bond motifs is 1. The van der Waals surface area contributed by atoms with Gasteiger partial charge in [-0.25, -0.2) is 9.97 Å². The lowest BCUT2D eigenvalue weighted by molar-refractivity contribution is 0.102. The predicted molar refractivity (Wildman–Crippen MR) is 114 cm³/mol. The lowest BCUT2D eigenvalue weighted by Gasteiger charge is -2.11. The molecule has 2 saturated carbocycles. The molecule has 1 amide bonds. The van der Waals surface area contributed by atoms with Crippen molar-refractivity contribution in [1.29, 1.82) is 0 Å². The van der Waals surface area contributed by atoms with Gasteiger partial charge in [0.2, 0.25) is 11.8 Å². The van der Waals surface area contributed by atoms with E-state index < -0.39 is 0 Å². The number of ether oxygens (including phenoxy) is 1. The van der Waals surface area contributed by atoms with Gasteiger partial charge in [-0.3, -0.25) is 9.48 Å². The molecule has 2 aliphatic rings. The summed E-state index contributed by atoms with van der Waals surface area (Å²) in [7, 11) is 1.56. The molecular weight excluding hydrogens is 394 g/mol. The van der Waals surface area contributed by atoms with Gasteiger partial charge in [-0.05, 0) is 55.4 Å². The number of pyridine rings is 1. The van der Waals surface area contributed by atoms with E-state index in [1.54, 1.807) is 25.4 Å². The molecule has 8 nitrogen and oxygen atoms in total. The molecule has 6 rings (SSSR count). The molecule has 3 heterocycles. The van der Waals surface area contributed by atoms with Crippen LogP contribution in [0.1, 0.15) is 53.7 Å². The Balaban J connectivity index is 1.28. The summed E-state index contributed by atoms with van der Waals surface area (Å²) in [6.07, 6.45) is 9.51. The van der Waals surface area contributed by atoms with E-state index in [0.29, 0.717) is 29.3 Å². The molecule has 4 aromatic rings. The first-order chi connectivity index (χ1) is 15.2. The third-order valence-corrected chi connectivity index (χ3v) is 5.85. The minimum absolute atomic E-state index is 0.223. The molecule has 0 unspecified atom stereocenters. The molecule has 0 spiro atoms. The van der Waals surface area contributed by atoms with Crippen LogP contribution >= 0.6 is 0 Å². The number of rotatable bonds is 6. The van der Waals surface area contributed by atoms with Crippen LogP contribution in [0.5, 0.6) is 5.88 Å². The number of nitrogens with one attached hydrogen (secondary N) is 1. The number of carbonyl (C=O) groups is 1. The van der Waals surface area contributed by atoms with Gasteiger partial charge in [0.25, 0.3) is 5.91 Å². The van der Waals surface area contributed by atoms with Crippen molar-refractivity contribution < 1.29 is 13.9 Å². The van der Waals surface area contributed by atoms with Crippen molar-refractivity contribution in [3.63, 3.8) is 0 Å². The second kappa shape index (κ2) is 6.94. The fourth-order valence-corrected chi connectivity index (χ4v) is 3.88. The number of nitrogens with zero attached hydrogens (tertiary/aromatic N) is 4. The molecule has 1 N–H and O–H groups in total. The van der Waals surface area contributed by atoms with Gasteiger partial charge in [-0.15, -0.1) is 0 Å². The quantitative estimate of drug-likeness (QED) is 0.496. The van der Waals surface area contributed by atoms with E-state index in [1.807, 2.05) is 12.3 Å². The standard InChI is InChI=1S/C23H21N5O3/c1-30-21-7-4-14(10-24-21)23-27-19(12-31-23)22(29)26-18-8-15-11-25-28(16-5-6-16)20(15)9-17(18)13-2-3-13/h4,7-13,16H,2-3,5-6H2,1H3,(H,26,29). The Morgan fingerprint density at radius 3 is 2.77 bits per heavy atom. The summed E-state index contributed by atoms with van der Waals surface area (Å²) in [5.74, 6) is 1.03. The van der Waals surface area contributed by atoms with E-state index in [-0.39, 0.29) is 11.6 Å². The molecule has 2 fully saturated rings. The minimum atomic E-state index is -0.299. The summed E-state index contributed by atoms with van der Waals surface area (Å²) >= 11 is 0. The molecule has 31 heavy (non-hydrogen) atoms. The molecule has 0 bridgehead atoms. The van der Waals surface area contributed by atoms with E-state index in [1.165, 1.54) is 24.7 Å². The van der Waals surface area contributed by atoms with Crippen molar-refractivity contribution in [3.05, 3.63) is 54.2 Å². The topological polar surface area (TPSA) is 95.1 Å². The Morgan fingerprint density at radius 1 is 1.19 bits per heavy atom. The number of hydrogen-bond acceptors (Lipinski definition) is 6. The zero-order chi connectivity index (χ0) is 20.9. The number of amides is 1. The maximum atomic E-state index is 12.9. The maximum absolute atomic E-state index is 12.9. The van der Waals surface area contributed by atoms with E-state index in [2.05, 4.69) is 31.1 Å². The summed E-state index contributed by atoms with van der Waals surface area (Å²) in [4.78, 5) is 21.4. The molecule has 0 saturated heterocycles. The van der Waals surface area contributed by atoms with E-state index in [0.717, 1.165) is 29.4 Å². The van der Waals surface area contributed by atoms with Gasteiger partial charge < -0.3 is 14.5 Å². The van der Waals surface area contributed by atoms with Crippen LogP contribution in [0.4, 0.5) is 5.69 Å². The number of carbonyl (C=O) groups excluding carboxylic acids is 1. The van der Waals surface area contributed by atoms with Crippen LogP contribution in [0.2, 0.25) is 0 Å². The average molecular weight is 415 g/mol. The van der Waals surface area contributed by atoms with Crippen molar-refractivity contribution in [1.82, 2.24) is 19.7 Å². The van der Waals surface area contributed by atoms with Crippen LogP contribution in [0.25, 0.3) is 22.4 Å². The zero-order valence-corrected chi connectivity index (χ0v) is 17.0. The number of anilines is 1. The van der Waals surface area contributed by atoms with Gasteiger partial charge in [-0.2, -0.15) is 5.10 Å². The van der Waals surface area contributed by atoms with E-state index in [9.17, 15) is 4.79 Å². The first-order valence-electron chi connectivity index (χ1n) is 10.5. The lowest BCUT2D eigenvalue weighted by Crippen LogP contribution is -2.13. The normalized spacial score (nSPS) is 15.9. The fourth-order valence-electron chi connectivity index (χ4n) is 3.88. The fraction of sp³-hybridized carbons (Fsp3) is 0.304. The number of benzene rings is 1. The molecule has 1 aromatic carbocycles. The van der Waals surface area contributed by atoms with E-state index >= 15 is 0 Å². The SMILES string of the molecule is COc1ccc(-c2nc(C(=O)Nc3cc4cnn(C5CC5)c4cc3C3CC3)co2)cn1. The van der Waals surface area contributed by atoms with E-state index in [4.69, 9.17) is 9.15 Å². The smallest absolute Gasteiger partial charge is 0.277 e. The van der Waals surface area contributed by atoms with Crippen LogP contribution in [-0.4, -0.2) is 32.8 Å². The molecule has 3 aromatic heterocycles. The highest BCUT2D eigenvalue weighted by atomic mass is 16.5. The Bertz CT molecular complexity index is 1280. The monoisotopic (exact) mass is 415 g/mol. The van der Waals surface area contributed by atoms with Crippen molar-refractivity contribution >= 4 is 22.5 Å².